The molecule has 4 unspecified atom stereocenters. The van der Waals surface area contributed by atoms with Gasteiger partial charge in [-0.3, -0.25) is 14.4 Å². The summed E-state index contributed by atoms with van der Waals surface area (Å²) in [6.45, 7) is 7.46. The molecule has 1 saturated heterocycles. The molecule has 1 aliphatic heterocycles. The zero-order chi connectivity index (χ0) is 32.1. The molecule has 238 valence electrons. The van der Waals surface area contributed by atoms with Gasteiger partial charge < -0.3 is 25.4 Å². The van der Waals surface area contributed by atoms with Gasteiger partial charge in [-0.15, -0.1) is 11.8 Å². The van der Waals surface area contributed by atoms with Crippen LogP contribution in [0, 0.1) is 13.8 Å². The number of carbonyl (C=O) groups is 3. The predicted octanol–water partition coefficient (Wildman–Crippen LogP) is 4.64. The van der Waals surface area contributed by atoms with Crippen molar-refractivity contribution >= 4 is 29.5 Å². The number of carbonyl (C=O) groups excluding carboxylic acids is 3. The molecule has 0 radical (unpaired) electrons. The Bertz CT molecular complexity index is 1510. The predicted molar refractivity (Wildman–Crippen MR) is 177 cm³/mol. The summed E-state index contributed by atoms with van der Waals surface area (Å²) in [6.07, 6.45) is 1.43. The maximum Gasteiger partial charge on any atom is 0.258 e. The number of benzene rings is 3. The first-order valence-corrected chi connectivity index (χ1v) is 16.6. The lowest BCUT2D eigenvalue weighted by atomic mass is 9.87. The minimum absolute atomic E-state index is 0.132. The number of ether oxygens (including phenoxy) is 1. The van der Waals surface area contributed by atoms with E-state index in [9.17, 15) is 19.5 Å². The van der Waals surface area contributed by atoms with Gasteiger partial charge >= 0.3 is 0 Å². The Balaban J connectivity index is 1.32. The number of hydrogen-bond donors (Lipinski definition) is 3. The molecule has 45 heavy (non-hydrogen) atoms. The Morgan fingerprint density at radius 2 is 1.69 bits per heavy atom. The molecule has 0 bridgehead atoms. The van der Waals surface area contributed by atoms with Crippen LogP contribution < -0.4 is 15.4 Å². The molecule has 3 amide bonds. The quantitative estimate of drug-likeness (QED) is 0.302. The molecule has 2 aliphatic rings. The second kappa shape index (κ2) is 14.1. The van der Waals surface area contributed by atoms with E-state index in [-0.39, 0.29) is 30.9 Å². The number of aliphatic hydroxyl groups is 1. The fourth-order valence-electron chi connectivity index (χ4n) is 6.43. The number of thioether (sulfide) groups is 1. The summed E-state index contributed by atoms with van der Waals surface area (Å²) in [5.41, 5.74) is 5.03. The average Bonchev–Trinajstić information content (AvgIpc) is 3.35. The molecule has 3 aromatic rings. The number of hydrogen-bond acceptors (Lipinski definition) is 6. The van der Waals surface area contributed by atoms with Crippen LogP contribution >= 0.6 is 11.8 Å². The molecule has 9 heteroatoms. The van der Waals surface area contributed by atoms with E-state index in [1.54, 1.807) is 0 Å². The van der Waals surface area contributed by atoms with Gasteiger partial charge in [0, 0.05) is 4.75 Å². The van der Waals surface area contributed by atoms with Crippen LogP contribution in [0.1, 0.15) is 60.5 Å². The van der Waals surface area contributed by atoms with Crippen molar-refractivity contribution in [2.24, 2.45) is 0 Å². The summed E-state index contributed by atoms with van der Waals surface area (Å²) in [5, 5.41) is 17.6. The van der Waals surface area contributed by atoms with Crippen molar-refractivity contribution in [1.29, 1.82) is 0 Å². The third kappa shape index (κ3) is 7.53. The molecule has 0 saturated carbocycles. The number of aryl methyl sites for hydroxylation is 3. The summed E-state index contributed by atoms with van der Waals surface area (Å²) in [5.74, 6) is -0.391. The van der Waals surface area contributed by atoms with Gasteiger partial charge in [0.15, 0.2) is 12.7 Å². The highest BCUT2D eigenvalue weighted by Crippen LogP contribution is 2.40. The monoisotopic (exact) mass is 629 g/mol. The van der Waals surface area contributed by atoms with Crippen LogP contribution in [0.2, 0.25) is 0 Å². The van der Waals surface area contributed by atoms with E-state index in [4.69, 9.17) is 4.74 Å². The van der Waals surface area contributed by atoms with Crippen LogP contribution in [0.5, 0.6) is 5.75 Å². The molecule has 5 rings (SSSR count). The van der Waals surface area contributed by atoms with Crippen LogP contribution in [0.25, 0.3) is 0 Å². The largest absolute Gasteiger partial charge is 0.483 e. The molecule has 3 aromatic carbocycles. The van der Waals surface area contributed by atoms with E-state index in [0.717, 1.165) is 41.5 Å². The van der Waals surface area contributed by atoms with Gasteiger partial charge in [0.1, 0.15) is 11.8 Å². The van der Waals surface area contributed by atoms with Crippen LogP contribution in [0.4, 0.5) is 0 Å². The van der Waals surface area contributed by atoms with Crippen molar-refractivity contribution in [1.82, 2.24) is 15.5 Å². The molecule has 0 spiro atoms. The van der Waals surface area contributed by atoms with Crippen molar-refractivity contribution in [3.63, 3.8) is 0 Å². The Kier molecular flexibility index (Phi) is 10.2. The maximum atomic E-state index is 14.0. The van der Waals surface area contributed by atoms with E-state index in [1.807, 2.05) is 88.4 Å². The minimum Gasteiger partial charge on any atom is -0.483 e. The number of aliphatic hydroxyl groups excluding tert-OH is 1. The summed E-state index contributed by atoms with van der Waals surface area (Å²) in [6, 6.07) is 21.4. The molecule has 3 N–H and O–H groups in total. The Labute approximate surface area is 269 Å². The van der Waals surface area contributed by atoms with Crippen molar-refractivity contribution in [3.05, 3.63) is 101 Å². The van der Waals surface area contributed by atoms with Crippen LogP contribution in [0.3, 0.4) is 0 Å². The number of rotatable bonds is 10. The van der Waals surface area contributed by atoms with Crippen molar-refractivity contribution in [3.8, 4) is 5.75 Å². The summed E-state index contributed by atoms with van der Waals surface area (Å²) in [4.78, 5) is 42.5. The molecule has 1 heterocycles. The molecular weight excluding hydrogens is 586 g/mol. The molecule has 1 aliphatic carbocycles. The number of amides is 3. The standard InChI is InChI=1S/C36H43N3O5S/c1-23-12-10-13-24(2)32(23)44-21-30(40)37-29(20-25-14-6-5-7-15-25)31(41)35(43)39-22-45-36(3,4)33(39)34(42)38-28-19-11-17-26-16-8-9-18-27(26)28/h5-10,12-16,18,28-29,31,33,41H,11,17,19-22H2,1-4H3,(H,37,40)(H,38,42). The highest BCUT2D eigenvalue weighted by Gasteiger charge is 2.50. The highest BCUT2D eigenvalue weighted by atomic mass is 32.2. The van der Waals surface area contributed by atoms with Crippen LogP contribution in [-0.4, -0.2) is 63.1 Å². The van der Waals surface area contributed by atoms with E-state index in [1.165, 1.54) is 22.2 Å². The normalized spacial score (nSPS) is 20.1. The third-order valence-electron chi connectivity index (χ3n) is 8.80. The van der Waals surface area contributed by atoms with Gasteiger partial charge in [-0.1, -0.05) is 72.8 Å². The van der Waals surface area contributed by atoms with Crippen molar-refractivity contribution in [2.75, 3.05) is 12.5 Å². The lowest BCUT2D eigenvalue weighted by Crippen LogP contribution is -2.59. The first kappa shape index (κ1) is 32.6. The van der Waals surface area contributed by atoms with Gasteiger partial charge in [0.05, 0.1) is 18.0 Å². The highest BCUT2D eigenvalue weighted by molar-refractivity contribution is 8.00. The van der Waals surface area contributed by atoms with Gasteiger partial charge in [0.25, 0.3) is 11.8 Å². The first-order valence-electron chi connectivity index (χ1n) is 15.6. The van der Waals surface area contributed by atoms with E-state index < -0.39 is 34.7 Å². The third-order valence-corrected chi connectivity index (χ3v) is 10.2. The Morgan fingerprint density at radius 3 is 2.42 bits per heavy atom. The van der Waals surface area contributed by atoms with E-state index in [0.29, 0.717) is 5.75 Å². The number of nitrogens with zero attached hydrogens (tertiary/aromatic N) is 1. The fourth-order valence-corrected chi connectivity index (χ4v) is 7.57. The Morgan fingerprint density at radius 1 is 1.00 bits per heavy atom. The summed E-state index contributed by atoms with van der Waals surface area (Å²) >= 11 is 1.50. The van der Waals surface area contributed by atoms with Crippen molar-refractivity contribution in [2.45, 2.75) is 82.4 Å². The lowest BCUT2D eigenvalue weighted by Gasteiger charge is -2.35. The topological polar surface area (TPSA) is 108 Å². The summed E-state index contributed by atoms with van der Waals surface area (Å²) < 4.78 is 5.27. The summed E-state index contributed by atoms with van der Waals surface area (Å²) in [7, 11) is 0. The number of fused-ring (bicyclic) bond motifs is 1. The van der Waals surface area contributed by atoms with Gasteiger partial charge in [-0.25, -0.2) is 0 Å². The molecule has 0 aromatic heterocycles. The molecular formula is C36H43N3O5S. The van der Waals surface area contributed by atoms with Crippen LogP contribution in [-0.2, 0) is 27.2 Å². The van der Waals surface area contributed by atoms with Gasteiger partial charge in [-0.05, 0) is 81.2 Å². The van der Waals surface area contributed by atoms with E-state index in [2.05, 4.69) is 22.8 Å². The lowest BCUT2D eigenvalue weighted by molar-refractivity contribution is -0.148. The molecule has 4 atom stereocenters. The van der Waals surface area contributed by atoms with E-state index >= 15 is 0 Å². The second-order valence-electron chi connectivity index (χ2n) is 12.6. The second-order valence-corrected chi connectivity index (χ2v) is 14.2. The Hall–Kier alpha value is -3.82. The average molecular weight is 630 g/mol. The first-order chi connectivity index (χ1) is 21.5. The van der Waals surface area contributed by atoms with Gasteiger partial charge in [0.2, 0.25) is 5.91 Å². The van der Waals surface area contributed by atoms with Gasteiger partial charge in [-0.2, -0.15) is 0 Å². The number of para-hydroxylation sites is 1. The molecule has 8 nitrogen and oxygen atoms in total. The zero-order valence-electron chi connectivity index (χ0n) is 26.4. The number of nitrogens with one attached hydrogen (secondary N) is 2. The SMILES string of the molecule is Cc1cccc(C)c1OCC(=O)NC(Cc1ccccc1)C(O)C(=O)N1CSC(C)(C)C1C(=O)NC1CCCc2ccccc21. The smallest absolute Gasteiger partial charge is 0.258 e. The maximum absolute atomic E-state index is 14.0. The van der Waals surface area contributed by atoms with Crippen LogP contribution in [0.15, 0.2) is 72.8 Å². The minimum atomic E-state index is -1.57. The molecule has 1 fully saturated rings. The fraction of sp³-hybridized carbons (Fsp3) is 0.417. The van der Waals surface area contributed by atoms with Crippen molar-refractivity contribution < 1.29 is 24.2 Å². The zero-order valence-corrected chi connectivity index (χ0v) is 27.2.